The maximum Gasteiger partial charge on any atom is 0.343 e. The van der Waals surface area contributed by atoms with E-state index in [1.54, 1.807) is 6.92 Å². The highest BCUT2D eigenvalue weighted by Crippen LogP contribution is 2.20. The summed E-state index contributed by atoms with van der Waals surface area (Å²) in [5.74, 6) is -1.26. The standard InChI is InChI=1S/C10H10ClF2NO3/c1-2-17-10(16)6-4-14-7(9(12)13)5(3-11)8(6)15/h4,9H,2-3H2,1H3,(H,14,15). The molecule has 0 saturated heterocycles. The molecule has 94 valence electrons. The van der Waals surface area contributed by atoms with Gasteiger partial charge in [-0.1, -0.05) is 0 Å². The molecule has 7 heteroatoms. The molecule has 0 aliphatic carbocycles. The monoisotopic (exact) mass is 265 g/mol. The van der Waals surface area contributed by atoms with Crippen molar-refractivity contribution in [2.45, 2.75) is 19.2 Å². The molecule has 0 bridgehead atoms. The Morgan fingerprint density at radius 2 is 2.24 bits per heavy atom. The molecule has 0 atom stereocenters. The summed E-state index contributed by atoms with van der Waals surface area (Å²) in [6.45, 7) is 1.66. The van der Waals surface area contributed by atoms with Crippen LogP contribution in [0, 0.1) is 0 Å². The van der Waals surface area contributed by atoms with Gasteiger partial charge in [-0.3, -0.25) is 4.79 Å². The quantitative estimate of drug-likeness (QED) is 0.671. The number of rotatable bonds is 4. The van der Waals surface area contributed by atoms with E-state index in [0.717, 1.165) is 6.20 Å². The minimum Gasteiger partial charge on any atom is -0.462 e. The van der Waals surface area contributed by atoms with Crippen LogP contribution in [-0.4, -0.2) is 17.6 Å². The maximum absolute atomic E-state index is 12.5. The van der Waals surface area contributed by atoms with Gasteiger partial charge in [-0.15, -0.1) is 11.6 Å². The molecule has 17 heavy (non-hydrogen) atoms. The van der Waals surface area contributed by atoms with E-state index in [9.17, 15) is 18.4 Å². The average Bonchev–Trinajstić information content (AvgIpc) is 2.28. The lowest BCUT2D eigenvalue weighted by molar-refractivity contribution is 0.0523. The van der Waals surface area contributed by atoms with Gasteiger partial charge in [-0.05, 0) is 6.92 Å². The fraction of sp³-hybridized carbons (Fsp3) is 0.400. The Morgan fingerprint density at radius 1 is 1.59 bits per heavy atom. The number of aromatic amines is 1. The molecule has 0 aliphatic heterocycles. The number of hydrogen-bond acceptors (Lipinski definition) is 3. The first-order valence-corrected chi connectivity index (χ1v) is 5.32. The van der Waals surface area contributed by atoms with Crippen molar-refractivity contribution in [1.29, 1.82) is 0 Å². The van der Waals surface area contributed by atoms with E-state index in [2.05, 4.69) is 9.72 Å². The topological polar surface area (TPSA) is 59.2 Å². The molecule has 0 fully saturated rings. The molecule has 0 radical (unpaired) electrons. The lowest BCUT2D eigenvalue weighted by atomic mass is 10.1. The number of carbonyl (C=O) groups excluding carboxylic acids is 1. The molecule has 1 aromatic rings. The summed E-state index contributed by atoms with van der Waals surface area (Å²) >= 11 is 5.43. The van der Waals surface area contributed by atoms with Crippen LogP contribution >= 0.6 is 11.6 Å². The number of H-pyrrole nitrogens is 1. The molecule has 4 nitrogen and oxygen atoms in total. The number of halogens is 3. The van der Waals surface area contributed by atoms with E-state index >= 15 is 0 Å². The number of pyridine rings is 1. The highest BCUT2D eigenvalue weighted by molar-refractivity contribution is 6.17. The van der Waals surface area contributed by atoms with Crippen LogP contribution in [-0.2, 0) is 10.6 Å². The molecule has 1 aromatic heterocycles. The summed E-state index contributed by atoms with van der Waals surface area (Å²) < 4.78 is 29.7. The van der Waals surface area contributed by atoms with Crippen LogP contribution in [0.2, 0.25) is 0 Å². The number of nitrogens with one attached hydrogen (secondary N) is 1. The lowest BCUT2D eigenvalue weighted by Crippen LogP contribution is -2.23. The SMILES string of the molecule is CCOC(=O)c1c[nH]c(C(F)F)c(CCl)c1=O. The number of aromatic nitrogens is 1. The van der Waals surface area contributed by atoms with E-state index in [-0.39, 0.29) is 17.7 Å². The Bertz CT molecular complexity index is 473. The first kappa shape index (κ1) is 13.6. The van der Waals surface area contributed by atoms with E-state index in [1.807, 2.05) is 0 Å². The molecule has 1 rings (SSSR count). The maximum atomic E-state index is 12.5. The third kappa shape index (κ3) is 2.82. The first-order valence-electron chi connectivity index (χ1n) is 4.78. The van der Waals surface area contributed by atoms with Crippen LogP contribution < -0.4 is 5.43 Å². The smallest absolute Gasteiger partial charge is 0.343 e. The van der Waals surface area contributed by atoms with Crippen molar-refractivity contribution < 1.29 is 18.3 Å². The summed E-state index contributed by atoms with van der Waals surface area (Å²) in [6.07, 6.45) is -1.94. The fourth-order valence-corrected chi connectivity index (χ4v) is 1.54. The Hall–Kier alpha value is -1.43. The van der Waals surface area contributed by atoms with Crippen molar-refractivity contribution in [2.24, 2.45) is 0 Å². The van der Waals surface area contributed by atoms with Gasteiger partial charge in [0.2, 0.25) is 5.43 Å². The number of esters is 1. The van der Waals surface area contributed by atoms with Gasteiger partial charge in [0.1, 0.15) is 5.56 Å². The second-order valence-corrected chi connectivity index (χ2v) is 3.35. The Balaban J connectivity index is 3.30. The van der Waals surface area contributed by atoms with Crippen LogP contribution in [0.3, 0.4) is 0 Å². The first-order chi connectivity index (χ1) is 8.02. The predicted octanol–water partition coefficient (Wildman–Crippen LogP) is 2.23. The van der Waals surface area contributed by atoms with Crippen molar-refractivity contribution in [3.8, 4) is 0 Å². The van der Waals surface area contributed by atoms with Crippen molar-refractivity contribution in [3.05, 3.63) is 33.2 Å². The zero-order chi connectivity index (χ0) is 13.0. The minimum absolute atomic E-state index is 0.0884. The van der Waals surface area contributed by atoms with Crippen LogP contribution in [0.4, 0.5) is 8.78 Å². The fourth-order valence-electron chi connectivity index (χ4n) is 1.28. The minimum atomic E-state index is -2.85. The molecule has 0 spiro atoms. The molecule has 0 aliphatic rings. The lowest BCUT2D eigenvalue weighted by Gasteiger charge is -2.07. The zero-order valence-corrected chi connectivity index (χ0v) is 9.68. The normalized spacial score (nSPS) is 10.6. The molecule has 0 amide bonds. The van der Waals surface area contributed by atoms with Crippen LogP contribution in [0.5, 0.6) is 0 Å². The summed E-state index contributed by atoms with van der Waals surface area (Å²) in [5, 5.41) is 0. The molecule has 0 unspecified atom stereocenters. The molecular formula is C10H10ClF2NO3. The average molecular weight is 266 g/mol. The van der Waals surface area contributed by atoms with E-state index in [0.29, 0.717) is 0 Å². The van der Waals surface area contributed by atoms with Crippen LogP contribution in [0.25, 0.3) is 0 Å². The summed E-state index contributed by atoms with van der Waals surface area (Å²) in [5.41, 5.74) is -2.04. The van der Waals surface area contributed by atoms with Crippen molar-refractivity contribution in [2.75, 3.05) is 6.61 Å². The summed E-state index contributed by atoms with van der Waals surface area (Å²) in [7, 11) is 0. The van der Waals surface area contributed by atoms with Crippen molar-refractivity contribution in [3.63, 3.8) is 0 Å². The van der Waals surface area contributed by atoms with Gasteiger partial charge in [-0.25, -0.2) is 13.6 Å². The van der Waals surface area contributed by atoms with Gasteiger partial charge < -0.3 is 9.72 Å². The van der Waals surface area contributed by atoms with Crippen molar-refractivity contribution in [1.82, 2.24) is 4.98 Å². The van der Waals surface area contributed by atoms with Gasteiger partial charge in [0, 0.05) is 11.8 Å². The molecule has 0 saturated carbocycles. The highest BCUT2D eigenvalue weighted by Gasteiger charge is 2.21. The van der Waals surface area contributed by atoms with Crippen LogP contribution in [0.1, 0.15) is 35.0 Å². The third-order valence-electron chi connectivity index (χ3n) is 2.06. The number of ether oxygens (including phenoxy) is 1. The number of carbonyl (C=O) groups is 1. The molecule has 0 aromatic carbocycles. The molecule has 1 heterocycles. The van der Waals surface area contributed by atoms with Gasteiger partial charge >= 0.3 is 5.97 Å². The Kier molecular flexibility index (Phi) is 4.62. The predicted molar refractivity (Wildman–Crippen MR) is 57.5 cm³/mol. The summed E-state index contributed by atoms with van der Waals surface area (Å²) in [4.78, 5) is 25.2. The van der Waals surface area contributed by atoms with Gasteiger partial charge in [0.15, 0.2) is 0 Å². The van der Waals surface area contributed by atoms with Crippen molar-refractivity contribution >= 4 is 17.6 Å². The number of alkyl halides is 3. The van der Waals surface area contributed by atoms with Crippen LogP contribution in [0.15, 0.2) is 11.0 Å². The molecule has 1 N–H and O–H groups in total. The second kappa shape index (κ2) is 5.77. The number of hydrogen-bond donors (Lipinski definition) is 1. The third-order valence-corrected chi connectivity index (χ3v) is 2.33. The summed E-state index contributed by atoms with van der Waals surface area (Å²) in [6, 6.07) is 0. The van der Waals surface area contributed by atoms with Gasteiger partial charge in [0.25, 0.3) is 6.43 Å². The highest BCUT2D eigenvalue weighted by atomic mass is 35.5. The second-order valence-electron chi connectivity index (χ2n) is 3.08. The largest absolute Gasteiger partial charge is 0.462 e. The Labute approximate surface area is 101 Å². The van der Waals surface area contributed by atoms with Gasteiger partial charge in [0.05, 0.1) is 18.2 Å². The van der Waals surface area contributed by atoms with E-state index in [1.165, 1.54) is 0 Å². The van der Waals surface area contributed by atoms with Gasteiger partial charge in [-0.2, -0.15) is 0 Å². The molecular weight excluding hydrogens is 256 g/mol. The zero-order valence-electron chi connectivity index (χ0n) is 8.93. The Morgan fingerprint density at radius 3 is 2.71 bits per heavy atom. The van der Waals surface area contributed by atoms with E-state index < -0.39 is 29.4 Å². The van der Waals surface area contributed by atoms with E-state index in [4.69, 9.17) is 11.6 Å².